The van der Waals surface area contributed by atoms with Gasteiger partial charge in [-0.15, -0.1) is 0 Å². The van der Waals surface area contributed by atoms with Crippen LogP contribution in [0.15, 0.2) is 24.3 Å². The minimum atomic E-state index is 0.334. The molecule has 2 nitrogen and oxygen atoms in total. The quantitative estimate of drug-likeness (QED) is 0.741. The summed E-state index contributed by atoms with van der Waals surface area (Å²) in [5.41, 5.74) is 2.72. The SMILES string of the molecule is Cc1cccc(C[NH+]2CCC[C@H]2CO)c1. The zero-order valence-electron chi connectivity index (χ0n) is 9.37. The largest absolute Gasteiger partial charge is 0.390 e. The van der Waals surface area contributed by atoms with Crippen molar-refractivity contribution in [2.45, 2.75) is 32.4 Å². The molecule has 1 fully saturated rings. The van der Waals surface area contributed by atoms with Gasteiger partial charge in [0.05, 0.1) is 13.2 Å². The maximum absolute atomic E-state index is 9.25. The standard InChI is InChI=1S/C13H19NO/c1-11-4-2-5-12(8-11)9-14-7-3-6-13(14)10-15/h2,4-5,8,13,15H,3,6-7,9-10H2,1H3/p+1/t13-/m0/s1. The summed E-state index contributed by atoms with van der Waals surface area (Å²) in [4.78, 5) is 1.54. The Morgan fingerprint density at radius 3 is 3.07 bits per heavy atom. The molecule has 1 unspecified atom stereocenters. The summed E-state index contributed by atoms with van der Waals surface area (Å²) >= 11 is 0. The number of likely N-dealkylation sites (tertiary alicyclic amines) is 1. The van der Waals surface area contributed by atoms with Crippen LogP contribution in [0.3, 0.4) is 0 Å². The van der Waals surface area contributed by atoms with E-state index in [9.17, 15) is 5.11 Å². The Morgan fingerprint density at radius 1 is 1.47 bits per heavy atom. The van der Waals surface area contributed by atoms with Gasteiger partial charge in [-0.2, -0.15) is 0 Å². The van der Waals surface area contributed by atoms with Crippen LogP contribution >= 0.6 is 0 Å². The maximum atomic E-state index is 9.25. The Morgan fingerprint density at radius 2 is 2.33 bits per heavy atom. The van der Waals surface area contributed by atoms with Crippen LogP contribution < -0.4 is 4.90 Å². The number of hydrogen-bond donors (Lipinski definition) is 2. The average Bonchev–Trinajstić information content (AvgIpc) is 2.65. The molecule has 82 valence electrons. The molecule has 2 N–H and O–H groups in total. The molecule has 0 aromatic heterocycles. The van der Waals surface area contributed by atoms with Crippen molar-refractivity contribution in [3.05, 3.63) is 35.4 Å². The van der Waals surface area contributed by atoms with Crippen molar-refractivity contribution in [3.63, 3.8) is 0 Å². The van der Waals surface area contributed by atoms with Gasteiger partial charge >= 0.3 is 0 Å². The predicted molar refractivity (Wildman–Crippen MR) is 60.8 cm³/mol. The first-order chi connectivity index (χ1) is 7.29. The number of quaternary nitrogens is 1. The van der Waals surface area contributed by atoms with Gasteiger partial charge in [0, 0.05) is 18.4 Å². The highest BCUT2D eigenvalue weighted by molar-refractivity contribution is 5.21. The van der Waals surface area contributed by atoms with Crippen LogP contribution in [-0.2, 0) is 6.54 Å². The van der Waals surface area contributed by atoms with Gasteiger partial charge in [-0.1, -0.05) is 29.8 Å². The highest BCUT2D eigenvalue weighted by atomic mass is 16.3. The summed E-state index contributed by atoms with van der Waals surface area (Å²) in [5, 5.41) is 9.25. The van der Waals surface area contributed by atoms with Crippen molar-refractivity contribution in [2.75, 3.05) is 13.2 Å². The second-order valence-corrected chi connectivity index (χ2v) is 4.60. The van der Waals surface area contributed by atoms with Crippen LogP contribution in [0.25, 0.3) is 0 Å². The number of hydrogen-bond acceptors (Lipinski definition) is 1. The molecule has 0 radical (unpaired) electrons. The van der Waals surface area contributed by atoms with Crippen LogP contribution in [0.4, 0.5) is 0 Å². The molecule has 15 heavy (non-hydrogen) atoms. The summed E-state index contributed by atoms with van der Waals surface area (Å²) in [6.07, 6.45) is 2.43. The van der Waals surface area contributed by atoms with E-state index in [0.29, 0.717) is 12.6 Å². The Bertz CT molecular complexity index is 324. The fourth-order valence-electron chi connectivity index (χ4n) is 2.52. The number of aliphatic hydroxyl groups excluding tert-OH is 1. The van der Waals surface area contributed by atoms with E-state index in [0.717, 1.165) is 6.54 Å². The smallest absolute Gasteiger partial charge is 0.111 e. The third-order valence-electron chi connectivity index (χ3n) is 3.36. The predicted octanol–water partition coefficient (Wildman–Crippen LogP) is 0.535. The number of nitrogens with one attached hydrogen (secondary N) is 1. The zero-order valence-corrected chi connectivity index (χ0v) is 9.37. The first-order valence-electron chi connectivity index (χ1n) is 5.80. The molecule has 2 rings (SSSR count). The van der Waals surface area contributed by atoms with Crippen molar-refractivity contribution < 1.29 is 10.0 Å². The van der Waals surface area contributed by atoms with E-state index in [2.05, 4.69) is 31.2 Å². The second kappa shape index (κ2) is 4.77. The third-order valence-corrected chi connectivity index (χ3v) is 3.36. The van der Waals surface area contributed by atoms with E-state index >= 15 is 0 Å². The average molecular weight is 206 g/mol. The summed E-state index contributed by atoms with van der Waals surface area (Å²) < 4.78 is 0. The van der Waals surface area contributed by atoms with Gasteiger partial charge in [0.15, 0.2) is 0 Å². The Hall–Kier alpha value is -0.860. The van der Waals surface area contributed by atoms with E-state index in [1.165, 1.54) is 30.5 Å². The van der Waals surface area contributed by atoms with Gasteiger partial charge in [0.25, 0.3) is 0 Å². The molecule has 0 bridgehead atoms. The minimum Gasteiger partial charge on any atom is -0.390 e. The molecular weight excluding hydrogens is 186 g/mol. The maximum Gasteiger partial charge on any atom is 0.111 e. The van der Waals surface area contributed by atoms with Gasteiger partial charge in [-0.25, -0.2) is 0 Å². The zero-order chi connectivity index (χ0) is 10.7. The van der Waals surface area contributed by atoms with Crippen molar-refractivity contribution in [1.82, 2.24) is 0 Å². The Balaban J connectivity index is 2.02. The van der Waals surface area contributed by atoms with Crippen molar-refractivity contribution in [2.24, 2.45) is 0 Å². The van der Waals surface area contributed by atoms with Gasteiger partial charge in [0.2, 0.25) is 0 Å². The van der Waals surface area contributed by atoms with Crippen LogP contribution in [0.5, 0.6) is 0 Å². The van der Waals surface area contributed by atoms with Crippen LogP contribution in [0.2, 0.25) is 0 Å². The van der Waals surface area contributed by atoms with Gasteiger partial charge in [0.1, 0.15) is 12.6 Å². The van der Waals surface area contributed by atoms with Crippen LogP contribution in [-0.4, -0.2) is 24.3 Å². The Labute approximate surface area is 91.5 Å². The molecule has 1 saturated heterocycles. The lowest BCUT2D eigenvalue weighted by atomic mass is 10.1. The highest BCUT2D eigenvalue weighted by Crippen LogP contribution is 2.05. The summed E-state index contributed by atoms with van der Waals surface area (Å²) in [5.74, 6) is 0. The molecule has 0 spiro atoms. The van der Waals surface area contributed by atoms with Gasteiger partial charge in [-0.05, 0) is 6.92 Å². The monoisotopic (exact) mass is 206 g/mol. The molecule has 0 aliphatic carbocycles. The fourth-order valence-corrected chi connectivity index (χ4v) is 2.52. The fraction of sp³-hybridized carbons (Fsp3) is 0.538. The van der Waals surface area contributed by atoms with Crippen molar-refractivity contribution in [3.8, 4) is 0 Å². The third kappa shape index (κ3) is 2.58. The van der Waals surface area contributed by atoms with E-state index < -0.39 is 0 Å². The molecule has 1 aliphatic rings. The molecule has 1 aliphatic heterocycles. The van der Waals surface area contributed by atoms with Gasteiger partial charge < -0.3 is 10.0 Å². The number of rotatable bonds is 3. The summed E-state index contributed by atoms with van der Waals surface area (Å²) in [6, 6.07) is 9.15. The normalized spacial score (nSPS) is 25.7. The van der Waals surface area contributed by atoms with Crippen LogP contribution in [0.1, 0.15) is 24.0 Å². The van der Waals surface area contributed by atoms with E-state index in [1.807, 2.05) is 0 Å². The van der Waals surface area contributed by atoms with E-state index in [-0.39, 0.29) is 0 Å². The first-order valence-corrected chi connectivity index (χ1v) is 5.80. The molecule has 1 aromatic rings. The molecule has 0 saturated carbocycles. The summed E-state index contributed by atoms with van der Waals surface area (Å²) in [6.45, 7) is 4.74. The lowest BCUT2D eigenvalue weighted by Gasteiger charge is -2.19. The van der Waals surface area contributed by atoms with E-state index in [4.69, 9.17) is 0 Å². The molecule has 2 atom stereocenters. The van der Waals surface area contributed by atoms with Gasteiger partial charge in [-0.3, -0.25) is 0 Å². The topological polar surface area (TPSA) is 24.7 Å². The summed E-state index contributed by atoms with van der Waals surface area (Å²) in [7, 11) is 0. The van der Waals surface area contributed by atoms with Crippen molar-refractivity contribution in [1.29, 1.82) is 0 Å². The highest BCUT2D eigenvalue weighted by Gasteiger charge is 2.27. The molecular formula is C13H20NO+. The molecule has 1 heterocycles. The number of benzene rings is 1. The number of aliphatic hydroxyl groups is 1. The van der Waals surface area contributed by atoms with E-state index in [1.54, 1.807) is 4.90 Å². The minimum absolute atomic E-state index is 0.334. The molecule has 1 aromatic carbocycles. The Kier molecular flexibility index (Phi) is 3.39. The van der Waals surface area contributed by atoms with Crippen molar-refractivity contribution >= 4 is 0 Å². The second-order valence-electron chi connectivity index (χ2n) is 4.60. The first kappa shape index (κ1) is 10.7. The molecule has 0 amide bonds. The number of aryl methyl sites for hydroxylation is 1. The van der Waals surface area contributed by atoms with Crippen LogP contribution in [0, 0.1) is 6.92 Å². The molecule has 2 heteroatoms. The lowest BCUT2D eigenvalue weighted by molar-refractivity contribution is -0.926. The lowest BCUT2D eigenvalue weighted by Crippen LogP contribution is -3.12.